The average Bonchev–Trinajstić information content (AvgIpc) is 2.70. The Hall–Kier alpha value is 0.0135. The van der Waals surface area contributed by atoms with Gasteiger partial charge in [-0.15, -0.1) is 0 Å². The summed E-state index contributed by atoms with van der Waals surface area (Å²) in [4.78, 5) is 0. The van der Waals surface area contributed by atoms with Gasteiger partial charge in [0.25, 0.3) is 0 Å². The van der Waals surface area contributed by atoms with Gasteiger partial charge in [-0.1, -0.05) is 0 Å². The van der Waals surface area contributed by atoms with Crippen molar-refractivity contribution in [2.45, 2.75) is 72.9 Å². The molecule has 31 heavy (non-hydrogen) atoms. The Morgan fingerprint density at radius 2 is 0.419 bits per heavy atom. The zero-order chi connectivity index (χ0) is 23.2. The van der Waals surface area contributed by atoms with E-state index in [9.17, 15) is 0 Å². The molecule has 0 aromatic rings. The number of hydrogen-bond acceptors (Lipinski definition) is 12. The Morgan fingerprint density at radius 1 is 0.323 bits per heavy atom. The topological polar surface area (TPSA) is 212 Å². The molecule has 0 spiro atoms. The molecular weight excluding hydrogens is 455 g/mol. The molecule has 0 aromatic carbocycles. The van der Waals surface area contributed by atoms with Crippen LogP contribution in [0.25, 0.3) is 0 Å². The van der Waals surface area contributed by atoms with E-state index in [1.807, 2.05) is 0 Å². The monoisotopic (exact) mass is 496 g/mol. The van der Waals surface area contributed by atoms with Crippen LogP contribution in [0.4, 0.5) is 0 Å². The first-order valence-corrected chi connectivity index (χ1v) is 9.86. The van der Waals surface area contributed by atoms with E-state index in [0.29, 0.717) is 0 Å². The summed E-state index contributed by atoms with van der Waals surface area (Å²) in [7, 11) is 9.42. The predicted molar refractivity (Wildman–Crippen MR) is 113 cm³/mol. The summed E-state index contributed by atoms with van der Waals surface area (Å²) in [5.41, 5.74) is 35.9. The minimum Gasteiger partial charge on any atom is -0.378 e. The van der Waals surface area contributed by atoms with Gasteiger partial charge < -0.3 is 62.8 Å². The van der Waals surface area contributed by atoms with Gasteiger partial charge in [0, 0.05) is 42.7 Å². The maximum Gasteiger partial charge on any atom is 2.00 e. The van der Waals surface area contributed by atoms with Crippen LogP contribution in [0.5, 0.6) is 0 Å². The van der Waals surface area contributed by atoms with Gasteiger partial charge in [0.05, 0.1) is 72.9 Å². The van der Waals surface area contributed by atoms with Crippen LogP contribution in [0, 0.1) is 0 Å². The summed E-state index contributed by atoms with van der Waals surface area (Å²) >= 11 is 0. The summed E-state index contributed by atoms with van der Waals surface area (Å²) < 4.78 is 31.6. The van der Waals surface area contributed by atoms with Gasteiger partial charge in [0.15, 0.2) is 0 Å². The van der Waals surface area contributed by atoms with Crippen LogP contribution in [0.15, 0.2) is 0 Å². The SMILES string of the molecule is COC1C(N)C(OC)C(N)C(OC)C1N.COC1C(N)C(OC)C(N)C(OC)C1N.[Ni+2]. The molecule has 2 aliphatic rings. The van der Waals surface area contributed by atoms with Crippen molar-refractivity contribution in [2.24, 2.45) is 34.4 Å². The fourth-order valence-corrected chi connectivity index (χ4v) is 4.55. The van der Waals surface area contributed by atoms with Gasteiger partial charge in [-0.05, 0) is 0 Å². The standard InChI is InChI=1S/2C9H21N3O3.Ni/c2*1-13-7-4(10)8(14-2)6(12)9(15-3)5(7)11;/h2*4-9H,10-12H2,1-3H3;/q;;+2. The van der Waals surface area contributed by atoms with Gasteiger partial charge in [-0.2, -0.15) is 0 Å². The first kappa shape index (κ1) is 31.0. The van der Waals surface area contributed by atoms with Gasteiger partial charge in [0.1, 0.15) is 0 Å². The molecule has 0 saturated heterocycles. The minimum absolute atomic E-state index is 0. The van der Waals surface area contributed by atoms with Crippen LogP contribution < -0.4 is 34.4 Å². The molecule has 0 aromatic heterocycles. The minimum atomic E-state index is -0.337. The van der Waals surface area contributed by atoms with Crippen molar-refractivity contribution >= 4 is 0 Å². The van der Waals surface area contributed by atoms with E-state index < -0.39 is 0 Å². The molecule has 0 bridgehead atoms. The molecule has 0 radical (unpaired) electrons. The van der Waals surface area contributed by atoms with E-state index in [1.54, 1.807) is 42.7 Å². The van der Waals surface area contributed by atoms with Crippen LogP contribution in [-0.4, -0.2) is 116 Å². The molecule has 13 heteroatoms. The summed E-state index contributed by atoms with van der Waals surface area (Å²) in [6, 6.07) is -2.02. The Bertz CT molecular complexity index is 368. The molecule has 188 valence electrons. The first-order chi connectivity index (χ1) is 14.2. The second-order valence-corrected chi connectivity index (χ2v) is 7.67. The number of hydrogen-bond donors (Lipinski definition) is 6. The summed E-state index contributed by atoms with van der Waals surface area (Å²) in [6.07, 6.45) is -1.84. The zero-order valence-electron chi connectivity index (χ0n) is 19.2. The van der Waals surface area contributed by atoms with Crippen molar-refractivity contribution in [3.8, 4) is 0 Å². The van der Waals surface area contributed by atoms with Crippen LogP contribution in [-0.2, 0) is 44.9 Å². The first-order valence-electron chi connectivity index (χ1n) is 9.86. The second kappa shape index (κ2) is 14.3. The van der Waals surface area contributed by atoms with Crippen LogP contribution in [0.2, 0.25) is 0 Å². The number of rotatable bonds is 6. The van der Waals surface area contributed by atoms with Gasteiger partial charge in [0.2, 0.25) is 0 Å². The normalized spacial score (nSPS) is 45.3. The third kappa shape index (κ3) is 6.54. The van der Waals surface area contributed by atoms with E-state index >= 15 is 0 Å². The van der Waals surface area contributed by atoms with Crippen LogP contribution in [0.1, 0.15) is 0 Å². The van der Waals surface area contributed by atoms with Crippen molar-refractivity contribution < 1.29 is 44.9 Å². The van der Waals surface area contributed by atoms with E-state index in [1.165, 1.54) is 0 Å². The second-order valence-electron chi connectivity index (χ2n) is 7.67. The van der Waals surface area contributed by atoms with Crippen molar-refractivity contribution in [2.75, 3.05) is 42.7 Å². The molecule has 12 nitrogen and oxygen atoms in total. The molecule has 0 unspecified atom stereocenters. The van der Waals surface area contributed by atoms with Gasteiger partial charge >= 0.3 is 16.5 Å². The quantitative estimate of drug-likeness (QED) is 0.194. The zero-order valence-corrected chi connectivity index (χ0v) is 20.1. The largest absolute Gasteiger partial charge is 2.00 e. The Kier molecular flexibility index (Phi) is 14.3. The number of methoxy groups -OCH3 is 6. The van der Waals surface area contributed by atoms with E-state index in [2.05, 4.69) is 0 Å². The molecule has 0 heterocycles. The van der Waals surface area contributed by atoms with Crippen molar-refractivity contribution in [3.63, 3.8) is 0 Å². The molecule has 2 saturated carbocycles. The fourth-order valence-electron chi connectivity index (χ4n) is 4.55. The fraction of sp³-hybridized carbons (Fsp3) is 1.00. The smallest absolute Gasteiger partial charge is 0.378 e. The van der Waals surface area contributed by atoms with Crippen LogP contribution in [0.3, 0.4) is 0 Å². The van der Waals surface area contributed by atoms with E-state index in [-0.39, 0.29) is 89.4 Å². The van der Waals surface area contributed by atoms with Crippen molar-refractivity contribution in [1.29, 1.82) is 0 Å². The Balaban J connectivity index is 0.000000562. The summed E-state index contributed by atoms with van der Waals surface area (Å²) in [5, 5.41) is 0. The maximum absolute atomic E-state index is 5.98. The number of ether oxygens (including phenoxy) is 6. The summed E-state index contributed by atoms with van der Waals surface area (Å²) in [6.45, 7) is 0. The summed E-state index contributed by atoms with van der Waals surface area (Å²) in [5.74, 6) is 0. The average molecular weight is 497 g/mol. The maximum atomic E-state index is 5.98. The van der Waals surface area contributed by atoms with Crippen molar-refractivity contribution in [1.82, 2.24) is 0 Å². The molecule has 2 aliphatic carbocycles. The predicted octanol–water partition coefficient (Wildman–Crippen LogP) is -3.95. The molecule has 2 rings (SSSR count). The number of nitrogens with two attached hydrogens (primary N) is 6. The Morgan fingerprint density at radius 3 is 0.484 bits per heavy atom. The molecule has 0 amide bonds. The van der Waals surface area contributed by atoms with Gasteiger partial charge in [-0.3, -0.25) is 0 Å². The molecule has 0 atom stereocenters. The van der Waals surface area contributed by atoms with Gasteiger partial charge in [-0.25, -0.2) is 0 Å². The molecule has 12 N–H and O–H groups in total. The third-order valence-electron chi connectivity index (χ3n) is 6.19. The Labute approximate surface area is 195 Å². The van der Waals surface area contributed by atoms with E-state index in [0.717, 1.165) is 0 Å². The molecule has 0 aliphatic heterocycles. The molecular formula is C18H42N6NiO6+2. The van der Waals surface area contributed by atoms with Crippen LogP contribution >= 0.6 is 0 Å². The third-order valence-corrected chi connectivity index (χ3v) is 6.19. The van der Waals surface area contributed by atoms with E-state index in [4.69, 9.17) is 62.8 Å². The van der Waals surface area contributed by atoms with Crippen molar-refractivity contribution in [3.05, 3.63) is 0 Å². The molecule has 2 fully saturated rings.